The Morgan fingerprint density at radius 1 is 1.09 bits per heavy atom. The summed E-state index contributed by atoms with van der Waals surface area (Å²) in [5.41, 5.74) is 3.24. The van der Waals surface area contributed by atoms with Gasteiger partial charge in [0.25, 0.3) is 0 Å². The third kappa shape index (κ3) is 4.99. The Bertz CT molecular complexity index is 1040. The van der Waals surface area contributed by atoms with Crippen LogP contribution in [0.2, 0.25) is 0 Å². The zero-order chi connectivity index (χ0) is 23.4. The van der Waals surface area contributed by atoms with Crippen LogP contribution in [0.1, 0.15) is 48.8 Å². The molecule has 180 valence electrons. The van der Waals surface area contributed by atoms with E-state index in [2.05, 4.69) is 64.7 Å². The SMILES string of the molecule is OC1(C#CCl)CCC2(CCOc3ccc(CN4CCOCC4)cc3)c3ccccc3CCC2C1. The summed E-state index contributed by atoms with van der Waals surface area (Å²) in [4.78, 5) is 2.43. The first-order valence-corrected chi connectivity index (χ1v) is 12.9. The summed E-state index contributed by atoms with van der Waals surface area (Å²) in [6, 6.07) is 17.4. The zero-order valence-corrected chi connectivity index (χ0v) is 20.5. The van der Waals surface area contributed by atoms with Crippen molar-refractivity contribution in [1.82, 2.24) is 4.90 Å². The highest BCUT2D eigenvalue weighted by atomic mass is 35.5. The molecule has 2 aromatic rings. The fourth-order valence-electron chi connectivity index (χ4n) is 6.35. The minimum atomic E-state index is -0.973. The minimum absolute atomic E-state index is 0.0192. The van der Waals surface area contributed by atoms with Gasteiger partial charge in [-0.2, -0.15) is 0 Å². The van der Waals surface area contributed by atoms with Crippen LogP contribution in [0.4, 0.5) is 0 Å². The molecule has 1 N–H and O–H groups in total. The highest BCUT2D eigenvalue weighted by molar-refractivity contribution is 6.30. The van der Waals surface area contributed by atoms with E-state index in [0.29, 0.717) is 25.4 Å². The predicted molar refractivity (Wildman–Crippen MR) is 135 cm³/mol. The summed E-state index contributed by atoms with van der Waals surface area (Å²) in [5.74, 6) is 4.17. The van der Waals surface area contributed by atoms with Crippen molar-refractivity contribution in [1.29, 1.82) is 0 Å². The molecule has 1 saturated heterocycles. The number of hydrogen-bond acceptors (Lipinski definition) is 4. The number of fused-ring (bicyclic) bond motifs is 3. The van der Waals surface area contributed by atoms with E-state index in [0.717, 1.165) is 64.3 Å². The van der Waals surface area contributed by atoms with Gasteiger partial charge in [-0.05, 0) is 84.9 Å². The number of aliphatic hydroxyl groups is 1. The van der Waals surface area contributed by atoms with Gasteiger partial charge in [0.15, 0.2) is 0 Å². The van der Waals surface area contributed by atoms with E-state index in [1.54, 1.807) is 0 Å². The van der Waals surface area contributed by atoms with E-state index < -0.39 is 5.60 Å². The number of nitrogens with zero attached hydrogens (tertiary/aromatic N) is 1. The first kappa shape index (κ1) is 23.7. The molecule has 5 rings (SSSR count). The molecule has 3 aliphatic rings. The topological polar surface area (TPSA) is 41.9 Å². The summed E-state index contributed by atoms with van der Waals surface area (Å²) in [6.07, 6.45) is 5.29. The predicted octanol–water partition coefficient (Wildman–Crippen LogP) is 4.90. The average Bonchev–Trinajstić information content (AvgIpc) is 2.86. The molecule has 0 aromatic heterocycles. The Morgan fingerprint density at radius 3 is 2.68 bits per heavy atom. The van der Waals surface area contributed by atoms with Gasteiger partial charge < -0.3 is 14.6 Å². The molecule has 1 aliphatic heterocycles. The van der Waals surface area contributed by atoms with Crippen molar-refractivity contribution in [3.8, 4) is 17.0 Å². The van der Waals surface area contributed by atoms with Crippen LogP contribution in [0.25, 0.3) is 0 Å². The maximum Gasteiger partial charge on any atom is 0.127 e. The van der Waals surface area contributed by atoms with Crippen LogP contribution in [-0.2, 0) is 23.1 Å². The number of morpholine rings is 1. The summed E-state index contributed by atoms with van der Waals surface area (Å²) in [5, 5.41) is 13.5. The second-order valence-electron chi connectivity index (χ2n) is 10.1. The standard InChI is InChI=1S/C29H34ClNO3/c30-15-13-28(32)11-12-29(25(21-28)8-7-24-3-1-2-4-27(24)29)14-18-34-26-9-5-23(6-10-26)22-31-16-19-33-20-17-31/h1-6,9-10,25,32H,7-8,11-12,14,16-22H2. The van der Waals surface area contributed by atoms with Crippen molar-refractivity contribution in [2.24, 2.45) is 5.92 Å². The maximum absolute atomic E-state index is 11.0. The Kier molecular flexibility index (Phi) is 7.18. The largest absolute Gasteiger partial charge is 0.494 e. The Labute approximate surface area is 208 Å². The number of aryl methyl sites for hydroxylation is 1. The highest BCUT2D eigenvalue weighted by Gasteiger charge is 2.51. The van der Waals surface area contributed by atoms with Crippen LogP contribution in [-0.4, -0.2) is 48.5 Å². The summed E-state index contributed by atoms with van der Waals surface area (Å²) in [7, 11) is 0. The highest BCUT2D eigenvalue weighted by Crippen LogP contribution is 2.54. The molecule has 0 radical (unpaired) electrons. The molecule has 2 aromatic carbocycles. The number of ether oxygens (including phenoxy) is 2. The quantitative estimate of drug-likeness (QED) is 0.598. The molecule has 34 heavy (non-hydrogen) atoms. The fraction of sp³-hybridized carbons (Fsp3) is 0.517. The van der Waals surface area contributed by atoms with E-state index >= 15 is 0 Å². The van der Waals surface area contributed by atoms with Crippen molar-refractivity contribution in [2.75, 3.05) is 32.9 Å². The van der Waals surface area contributed by atoms with Gasteiger partial charge in [-0.25, -0.2) is 0 Å². The maximum atomic E-state index is 11.0. The van der Waals surface area contributed by atoms with Crippen LogP contribution < -0.4 is 4.74 Å². The van der Waals surface area contributed by atoms with Crippen LogP contribution in [0.5, 0.6) is 5.75 Å². The summed E-state index contributed by atoms with van der Waals surface area (Å²) in [6.45, 7) is 5.25. The zero-order valence-electron chi connectivity index (χ0n) is 19.8. The number of benzene rings is 2. The van der Waals surface area contributed by atoms with E-state index in [9.17, 15) is 5.11 Å². The van der Waals surface area contributed by atoms with Gasteiger partial charge in [0, 0.05) is 30.4 Å². The Morgan fingerprint density at radius 2 is 1.88 bits per heavy atom. The van der Waals surface area contributed by atoms with E-state index in [4.69, 9.17) is 21.1 Å². The molecule has 0 bridgehead atoms. The minimum Gasteiger partial charge on any atom is -0.494 e. The lowest BCUT2D eigenvalue weighted by atomic mass is 9.53. The molecular weight excluding hydrogens is 446 g/mol. The fourth-order valence-corrected chi connectivity index (χ4v) is 6.53. The Hall–Kier alpha value is -2.03. The van der Waals surface area contributed by atoms with Gasteiger partial charge in [0.2, 0.25) is 0 Å². The van der Waals surface area contributed by atoms with Crippen molar-refractivity contribution >= 4 is 11.6 Å². The molecule has 4 nitrogen and oxygen atoms in total. The van der Waals surface area contributed by atoms with Gasteiger partial charge in [-0.15, -0.1) is 0 Å². The molecule has 3 unspecified atom stereocenters. The molecule has 0 amide bonds. The molecule has 2 fully saturated rings. The van der Waals surface area contributed by atoms with Gasteiger partial charge in [0.05, 0.1) is 19.8 Å². The molecule has 3 atom stereocenters. The normalized spacial score (nSPS) is 28.8. The second-order valence-corrected chi connectivity index (χ2v) is 10.3. The third-order valence-electron chi connectivity index (χ3n) is 8.20. The molecule has 1 saturated carbocycles. The molecule has 2 aliphatic carbocycles. The number of halogens is 1. The number of hydrogen-bond donors (Lipinski definition) is 1. The smallest absolute Gasteiger partial charge is 0.127 e. The van der Waals surface area contributed by atoms with Crippen LogP contribution >= 0.6 is 11.6 Å². The van der Waals surface area contributed by atoms with Gasteiger partial charge in [-0.3, -0.25) is 4.90 Å². The lowest BCUT2D eigenvalue weighted by Crippen LogP contribution is -2.50. The van der Waals surface area contributed by atoms with E-state index in [-0.39, 0.29) is 5.41 Å². The first-order chi connectivity index (χ1) is 16.6. The second kappa shape index (κ2) is 10.3. The monoisotopic (exact) mass is 479 g/mol. The third-order valence-corrected chi connectivity index (χ3v) is 8.29. The van der Waals surface area contributed by atoms with Crippen molar-refractivity contribution in [3.63, 3.8) is 0 Å². The van der Waals surface area contributed by atoms with Crippen LogP contribution in [0, 0.1) is 17.2 Å². The van der Waals surface area contributed by atoms with Gasteiger partial charge in [0.1, 0.15) is 11.4 Å². The Balaban J connectivity index is 1.26. The van der Waals surface area contributed by atoms with Gasteiger partial charge >= 0.3 is 0 Å². The van der Waals surface area contributed by atoms with Crippen molar-refractivity contribution in [2.45, 2.75) is 56.1 Å². The molecular formula is C29H34ClNO3. The molecule has 1 heterocycles. The lowest BCUT2D eigenvalue weighted by Gasteiger charge is -2.52. The average molecular weight is 480 g/mol. The molecule has 0 spiro atoms. The molecule has 5 heteroatoms. The summed E-state index contributed by atoms with van der Waals surface area (Å²) >= 11 is 5.68. The number of rotatable bonds is 6. The summed E-state index contributed by atoms with van der Waals surface area (Å²) < 4.78 is 11.7. The van der Waals surface area contributed by atoms with Crippen LogP contribution in [0.15, 0.2) is 48.5 Å². The van der Waals surface area contributed by atoms with Crippen molar-refractivity contribution in [3.05, 3.63) is 65.2 Å². The lowest BCUT2D eigenvalue weighted by molar-refractivity contribution is -0.0142. The van der Waals surface area contributed by atoms with Crippen molar-refractivity contribution < 1.29 is 14.6 Å². The van der Waals surface area contributed by atoms with Crippen LogP contribution in [0.3, 0.4) is 0 Å². The van der Waals surface area contributed by atoms with E-state index in [1.807, 2.05) is 0 Å². The first-order valence-electron chi connectivity index (χ1n) is 12.6. The van der Waals surface area contributed by atoms with Gasteiger partial charge in [-0.1, -0.05) is 42.3 Å². The van der Waals surface area contributed by atoms with E-state index in [1.165, 1.54) is 16.7 Å².